The number of hydrogen-bond acceptors (Lipinski definition) is 3. The molecule has 1 amide bonds. The second-order valence-corrected chi connectivity index (χ2v) is 6.47. The van der Waals surface area contributed by atoms with E-state index < -0.39 is 5.60 Å². The predicted molar refractivity (Wildman–Crippen MR) is 64.9 cm³/mol. The molecule has 0 aromatic rings. The van der Waals surface area contributed by atoms with E-state index in [9.17, 15) is 4.79 Å². The van der Waals surface area contributed by atoms with E-state index in [1.54, 1.807) is 4.90 Å². The van der Waals surface area contributed by atoms with Gasteiger partial charge >= 0.3 is 6.09 Å². The van der Waals surface area contributed by atoms with Crippen molar-refractivity contribution in [2.75, 3.05) is 19.7 Å². The molecule has 2 saturated heterocycles. The summed E-state index contributed by atoms with van der Waals surface area (Å²) in [7, 11) is 0. The van der Waals surface area contributed by atoms with Crippen LogP contribution in [-0.2, 0) is 9.47 Å². The minimum Gasteiger partial charge on any atom is -0.444 e. The molecular formula is C13H23NO3. The summed E-state index contributed by atoms with van der Waals surface area (Å²) in [4.78, 5) is 13.5. The molecule has 1 spiro atoms. The molecule has 4 nitrogen and oxygen atoms in total. The summed E-state index contributed by atoms with van der Waals surface area (Å²) in [6.45, 7) is 10.1. The lowest BCUT2D eigenvalue weighted by Gasteiger charge is -2.52. The zero-order valence-corrected chi connectivity index (χ0v) is 11.3. The lowest BCUT2D eigenvalue weighted by molar-refractivity contribution is -0.171. The van der Waals surface area contributed by atoms with Crippen molar-refractivity contribution in [3.05, 3.63) is 0 Å². The van der Waals surface area contributed by atoms with E-state index in [1.807, 2.05) is 20.8 Å². The van der Waals surface area contributed by atoms with Crippen LogP contribution in [0.2, 0.25) is 0 Å². The number of nitrogens with zero attached hydrogens (tertiary/aromatic N) is 1. The van der Waals surface area contributed by atoms with Gasteiger partial charge in [0.2, 0.25) is 0 Å². The van der Waals surface area contributed by atoms with Crippen LogP contribution in [0.25, 0.3) is 0 Å². The zero-order valence-electron chi connectivity index (χ0n) is 11.3. The highest BCUT2D eigenvalue weighted by molar-refractivity contribution is 5.69. The first-order chi connectivity index (χ1) is 7.80. The molecule has 0 radical (unpaired) electrons. The molecule has 0 aromatic carbocycles. The fourth-order valence-corrected chi connectivity index (χ4v) is 2.34. The quantitative estimate of drug-likeness (QED) is 0.654. The molecule has 0 aliphatic carbocycles. The third-order valence-electron chi connectivity index (χ3n) is 3.38. The Hall–Kier alpha value is -0.770. The highest BCUT2D eigenvalue weighted by Gasteiger charge is 2.49. The number of rotatable bonds is 0. The van der Waals surface area contributed by atoms with Gasteiger partial charge in [-0.15, -0.1) is 0 Å². The van der Waals surface area contributed by atoms with E-state index in [-0.39, 0.29) is 11.7 Å². The van der Waals surface area contributed by atoms with Crippen LogP contribution < -0.4 is 0 Å². The Morgan fingerprint density at radius 2 is 2.06 bits per heavy atom. The molecule has 2 rings (SSSR count). The highest BCUT2D eigenvalue weighted by Crippen LogP contribution is 2.36. The van der Waals surface area contributed by atoms with Gasteiger partial charge in [-0.25, -0.2) is 4.79 Å². The number of carbonyl (C=O) groups excluding carboxylic acids is 1. The second-order valence-electron chi connectivity index (χ2n) is 6.47. The summed E-state index contributed by atoms with van der Waals surface area (Å²) in [6.07, 6.45) is 2.04. The van der Waals surface area contributed by atoms with E-state index >= 15 is 0 Å². The largest absolute Gasteiger partial charge is 0.444 e. The van der Waals surface area contributed by atoms with Crippen molar-refractivity contribution < 1.29 is 14.3 Å². The van der Waals surface area contributed by atoms with Crippen LogP contribution in [-0.4, -0.2) is 41.9 Å². The minimum atomic E-state index is -0.415. The van der Waals surface area contributed by atoms with E-state index in [0.29, 0.717) is 19.0 Å². The van der Waals surface area contributed by atoms with E-state index in [4.69, 9.17) is 9.47 Å². The Morgan fingerprint density at radius 3 is 2.53 bits per heavy atom. The molecule has 2 fully saturated rings. The van der Waals surface area contributed by atoms with Gasteiger partial charge in [0.15, 0.2) is 0 Å². The van der Waals surface area contributed by atoms with E-state index in [0.717, 1.165) is 13.0 Å². The van der Waals surface area contributed by atoms with Crippen molar-refractivity contribution in [1.29, 1.82) is 0 Å². The summed E-state index contributed by atoms with van der Waals surface area (Å²) in [5, 5.41) is 0. The van der Waals surface area contributed by atoms with Crippen molar-refractivity contribution in [2.45, 2.75) is 51.7 Å². The number of ether oxygens (including phenoxy) is 2. The van der Waals surface area contributed by atoms with Crippen molar-refractivity contribution in [2.24, 2.45) is 5.92 Å². The minimum absolute atomic E-state index is 0.0661. The molecule has 1 atom stereocenters. The van der Waals surface area contributed by atoms with Gasteiger partial charge in [-0.3, -0.25) is 0 Å². The van der Waals surface area contributed by atoms with E-state index in [2.05, 4.69) is 6.92 Å². The number of amides is 1. The SMILES string of the molecule is CC1CCC2(CN(C(=O)OC(C)(C)C)C2)OC1. The number of likely N-dealkylation sites (tertiary alicyclic amines) is 1. The monoisotopic (exact) mass is 241 g/mol. The first-order valence-electron chi connectivity index (χ1n) is 6.42. The molecule has 2 aliphatic rings. The average molecular weight is 241 g/mol. The normalized spacial score (nSPS) is 27.8. The Balaban J connectivity index is 1.80. The van der Waals surface area contributed by atoms with Crippen molar-refractivity contribution >= 4 is 6.09 Å². The Morgan fingerprint density at radius 1 is 1.41 bits per heavy atom. The summed E-state index contributed by atoms with van der Waals surface area (Å²) in [6, 6.07) is 0. The molecule has 0 aromatic heterocycles. The topological polar surface area (TPSA) is 38.8 Å². The second kappa shape index (κ2) is 4.16. The standard InChI is InChI=1S/C13H23NO3/c1-10-5-6-13(16-7-10)8-14(9-13)11(15)17-12(2,3)4/h10H,5-9H2,1-4H3. The van der Waals surface area contributed by atoms with Crippen LogP contribution in [0.3, 0.4) is 0 Å². The molecule has 0 saturated carbocycles. The molecule has 0 N–H and O–H groups in total. The summed E-state index contributed by atoms with van der Waals surface area (Å²) >= 11 is 0. The van der Waals surface area contributed by atoms with Gasteiger partial charge in [0.05, 0.1) is 19.7 Å². The van der Waals surface area contributed by atoms with Crippen LogP contribution in [0.5, 0.6) is 0 Å². The molecule has 2 heterocycles. The third-order valence-corrected chi connectivity index (χ3v) is 3.38. The van der Waals surface area contributed by atoms with Crippen LogP contribution in [0, 0.1) is 5.92 Å². The summed E-state index contributed by atoms with van der Waals surface area (Å²) < 4.78 is 11.2. The van der Waals surface area contributed by atoms with Gasteiger partial charge in [-0.1, -0.05) is 6.92 Å². The maximum absolute atomic E-state index is 11.8. The number of hydrogen-bond donors (Lipinski definition) is 0. The lowest BCUT2D eigenvalue weighted by atomic mass is 9.84. The molecule has 2 aliphatic heterocycles. The Bertz CT molecular complexity index is 292. The third kappa shape index (κ3) is 2.92. The van der Waals surface area contributed by atoms with Crippen LogP contribution in [0.1, 0.15) is 40.5 Å². The van der Waals surface area contributed by atoms with Crippen molar-refractivity contribution in [1.82, 2.24) is 4.90 Å². The smallest absolute Gasteiger partial charge is 0.410 e. The highest BCUT2D eigenvalue weighted by atomic mass is 16.6. The predicted octanol–water partition coefficient (Wildman–Crippen LogP) is 2.42. The van der Waals surface area contributed by atoms with Gasteiger partial charge in [0, 0.05) is 0 Å². The van der Waals surface area contributed by atoms with Crippen LogP contribution in [0.15, 0.2) is 0 Å². The fourth-order valence-electron chi connectivity index (χ4n) is 2.34. The van der Waals surface area contributed by atoms with Crippen molar-refractivity contribution in [3.8, 4) is 0 Å². The van der Waals surface area contributed by atoms with Gasteiger partial charge in [-0.2, -0.15) is 0 Å². The molecule has 17 heavy (non-hydrogen) atoms. The van der Waals surface area contributed by atoms with Gasteiger partial charge in [0.25, 0.3) is 0 Å². The maximum atomic E-state index is 11.8. The van der Waals surface area contributed by atoms with Gasteiger partial charge in [-0.05, 0) is 39.5 Å². The lowest BCUT2D eigenvalue weighted by Crippen LogP contribution is -2.66. The zero-order chi connectivity index (χ0) is 12.7. The first kappa shape index (κ1) is 12.7. The van der Waals surface area contributed by atoms with Crippen LogP contribution in [0.4, 0.5) is 4.79 Å². The summed E-state index contributed by atoms with van der Waals surface area (Å²) in [5.74, 6) is 0.649. The molecule has 1 unspecified atom stereocenters. The summed E-state index contributed by atoms with van der Waals surface area (Å²) in [5.41, 5.74) is -0.481. The van der Waals surface area contributed by atoms with Crippen molar-refractivity contribution in [3.63, 3.8) is 0 Å². The fraction of sp³-hybridized carbons (Fsp3) is 0.923. The number of carbonyl (C=O) groups is 1. The van der Waals surface area contributed by atoms with Crippen LogP contribution >= 0.6 is 0 Å². The molecule has 0 bridgehead atoms. The Labute approximate surface area is 103 Å². The maximum Gasteiger partial charge on any atom is 0.410 e. The van der Waals surface area contributed by atoms with Gasteiger partial charge in [0.1, 0.15) is 11.2 Å². The van der Waals surface area contributed by atoms with Gasteiger partial charge < -0.3 is 14.4 Å². The molecular weight excluding hydrogens is 218 g/mol. The average Bonchev–Trinajstić information content (AvgIpc) is 2.13. The Kier molecular flexibility index (Phi) is 3.10. The van der Waals surface area contributed by atoms with E-state index in [1.165, 1.54) is 6.42 Å². The first-order valence-corrected chi connectivity index (χ1v) is 6.42. The molecule has 4 heteroatoms. The molecule has 98 valence electrons.